The molecule has 4 aliphatic rings. The largest absolute Gasteiger partial charge is 0.394 e. The van der Waals surface area contributed by atoms with E-state index in [1.165, 1.54) is 0 Å². The van der Waals surface area contributed by atoms with E-state index >= 15 is 0 Å². The van der Waals surface area contributed by atoms with E-state index in [9.17, 15) is 5.11 Å². The van der Waals surface area contributed by atoms with Crippen LogP contribution in [-0.2, 0) is 24.5 Å². The van der Waals surface area contributed by atoms with Crippen molar-refractivity contribution in [3.8, 4) is 0 Å². The summed E-state index contributed by atoms with van der Waals surface area (Å²) in [5, 5.41) is 26.1. The zero-order valence-electron chi connectivity index (χ0n) is 21.9. The summed E-state index contributed by atoms with van der Waals surface area (Å²) in [6.07, 6.45) is 2.09. The van der Waals surface area contributed by atoms with Crippen molar-refractivity contribution in [1.82, 2.24) is 19.5 Å². The van der Waals surface area contributed by atoms with E-state index in [0.29, 0.717) is 36.0 Å². The van der Waals surface area contributed by atoms with Gasteiger partial charge in [0.15, 0.2) is 34.8 Å². The molecule has 0 spiro atoms. The number of nitrogens with one attached hydrogen (secondary N) is 1. The van der Waals surface area contributed by atoms with Crippen LogP contribution in [0.2, 0.25) is 0 Å². The van der Waals surface area contributed by atoms with Crippen molar-refractivity contribution in [2.24, 2.45) is 15.4 Å². The van der Waals surface area contributed by atoms with Crippen molar-refractivity contribution in [2.75, 3.05) is 25.1 Å². The Balaban J connectivity index is 1.38. The van der Waals surface area contributed by atoms with E-state index in [4.69, 9.17) is 28.9 Å². The predicted octanol–water partition coefficient (Wildman–Crippen LogP) is 2.44. The van der Waals surface area contributed by atoms with Crippen LogP contribution in [0.4, 0.5) is 5.82 Å². The fourth-order valence-corrected chi connectivity index (χ4v) is 5.65. The van der Waals surface area contributed by atoms with Gasteiger partial charge in [0, 0.05) is 6.61 Å². The Morgan fingerprint density at radius 1 is 1.13 bits per heavy atom. The lowest BCUT2D eigenvalue weighted by atomic mass is 9.90. The first-order chi connectivity index (χ1) is 18.9. The summed E-state index contributed by atoms with van der Waals surface area (Å²) in [6, 6.07) is 8.07. The molecule has 2 unspecified atom stereocenters. The highest BCUT2D eigenvalue weighted by Crippen LogP contribution is 2.44. The average Bonchev–Trinajstić information content (AvgIpc) is 3.73. The number of ether oxygens (including phenoxy) is 4. The number of benzene rings is 1. The number of aliphatic hydroxyl groups excluding tert-OH is 1. The summed E-state index contributed by atoms with van der Waals surface area (Å²) in [5.74, 6) is 0.139. The number of aliphatic hydroxyl groups is 1. The number of fused-ring (bicyclic) bond motifs is 2. The van der Waals surface area contributed by atoms with Gasteiger partial charge in [-0.1, -0.05) is 29.8 Å². The third kappa shape index (κ3) is 4.03. The monoisotopic (exact) mass is 534 g/mol. The molecule has 2 N–H and O–H groups in total. The molecule has 39 heavy (non-hydrogen) atoms. The molecule has 1 aromatic carbocycles. The summed E-state index contributed by atoms with van der Waals surface area (Å²) in [5.41, 5.74) is 1.94. The second kappa shape index (κ2) is 9.10. The van der Waals surface area contributed by atoms with Gasteiger partial charge < -0.3 is 29.4 Å². The van der Waals surface area contributed by atoms with E-state index in [-0.39, 0.29) is 12.6 Å². The van der Waals surface area contributed by atoms with Gasteiger partial charge in [-0.15, -0.1) is 10.2 Å². The fraction of sp³-hybridized carbons (Fsp3) is 0.538. The van der Waals surface area contributed by atoms with Crippen LogP contribution in [0.5, 0.6) is 0 Å². The van der Waals surface area contributed by atoms with Crippen LogP contribution in [0, 0.1) is 6.92 Å². The zero-order chi connectivity index (χ0) is 26.8. The highest BCUT2D eigenvalue weighted by molar-refractivity contribution is 5.85. The molecular weight excluding hydrogens is 504 g/mol. The number of hydrogen-bond acceptors (Lipinski definition) is 12. The normalized spacial score (nSPS) is 32.9. The highest BCUT2D eigenvalue weighted by Gasteiger charge is 2.56. The number of aryl methyl sites for hydroxylation is 1. The van der Waals surface area contributed by atoms with Gasteiger partial charge in [0.05, 0.1) is 31.8 Å². The third-order valence-electron chi connectivity index (χ3n) is 7.60. The Morgan fingerprint density at radius 3 is 2.67 bits per heavy atom. The molecule has 13 nitrogen and oxygen atoms in total. The number of anilines is 1. The molecule has 0 bridgehead atoms. The van der Waals surface area contributed by atoms with Gasteiger partial charge in [-0.3, -0.25) is 4.57 Å². The van der Waals surface area contributed by atoms with Crippen LogP contribution >= 0.6 is 0 Å². The van der Waals surface area contributed by atoms with Gasteiger partial charge in [-0.25, -0.2) is 15.0 Å². The molecule has 3 fully saturated rings. The van der Waals surface area contributed by atoms with Crippen molar-refractivity contribution in [2.45, 2.75) is 69.1 Å². The second-order valence-corrected chi connectivity index (χ2v) is 10.8. The van der Waals surface area contributed by atoms with E-state index < -0.39 is 35.9 Å². The average molecular weight is 535 g/mol. The summed E-state index contributed by atoms with van der Waals surface area (Å²) in [4.78, 5) is 14.6. The van der Waals surface area contributed by atoms with E-state index in [1.54, 1.807) is 12.5 Å². The second-order valence-electron chi connectivity index (χ2n) is 10.8. The maximum Gasteiger partial charge on any atom is 0.205 e. The Hall–Kier alpha value is -3.36. The molecule has 4 aliphatic heterocycles. The van der Waals surface area contributed by atoms with Crippen molar-refractivity contribution in [3.05, 3.63) is 47.5 Å². The Labute approximate surface area is 224 Å². The Kier molecular flexibility index (Phi) is 5.75. The first-order valence-electron chi connectivity index (χ1n) is 13.1. The topological polar surface area (TPSA) is 150 Å². The fourth-order valence-electron chi connectivity index (χ4n) is 5.65. The van der Waals surface area contributed by atoms with Crippen molar-refractivity contribution in [1.29, 1.82) is 0 Å². The zero-order valence-corrected chi connectivity index (χ0v) is 21.9. The van der Waals surface area contributed by atoms with E-state index in [2.05, 4.69) is 25.7 Å². The minimum atomic E-state index is -1.11. The van der Waals surface area contributed by atoms with E-state index in [0.717, 1.165) is 17.5 Å². The molecule has 2 aromatic heterocycles. The van der Waals surface area contributed by atoms with Crippen LogP contribution in [0.3, 0.4) is 0 Å². The van der Waals surface area contributed by atoms with Gasteiger partial charge >= 0.3 is 0 Å². The Morgan fingerprint density at radius 2 is 1.95 bits per heavy atom. The number of hydrogen-bond donors (Lipinski definition) is 2. The van der Waals surface area contributed by atoms with Crippen molar-refractivity contribution in [3.63, 3.8) is 0 Å². The lowest BCUT2D eigenvalue weighted by Gasteiger charge is -2.25. The standard InChI is InChI=1S/C26H30N8O5/c1-14-4-6-15(7-5-14)26(12-28-33-32-26)24-30-21(29-16-8-9-36-11-16)18-22(31-24)34(13-27-18)23-20-19(17(10-35)37-23)38-25(2,3)39-20/h4-7,12-13,16-17,19-20,23,35H,8-11H2,1-3H3,(H,29,30,31)/t16?,17-,19-,20-,23-,26?/m1/s1. The molecular formula is C26H30N8O5. The van der Waals surface area contributed by atoms with Crippen LogP contribution in [0.15, 0.2) is 46.0 Å². The van der Waals surface area contributed by atoms with E-state index in [1.807, 2.05) is 49.6 Å². The first kappa shape index (κ1) is 24.7. The maximum absolute atomic E-state index is 10.0. The predicted molar refractivity (Wildman–Crippen MR) is 138 cm³/mol. The minimum Gasteiger partial charge on any atom is -0.394 e. The molecule has 204 valence electrons. The molecule has 0 amide bonds. The number of imidazole rings is 1. The van der Waals surface area contributed by atoms with Crippen molar-refractivity contribution < 1.29 is 24.1 Å². The van der Waals surface area contributed by atoms with Gasteiger partial charge in [-0.05, 0) is 38.0 Å². The molecule has 3 aromatic rings. The smallest absolute Gasteiger partial charge is 0.205 e. The van der Waals surface area contributed by atoms with Gasteiger partial charge in [0.25, 0.3) is 0 Å². The molecule has 6 heterocycles. The molecule has 13 heteroatoms. The van der Waals surface area contributed by atoms with Crippen molar-refractivity contribution >= 4 is 23.2 Å². The molecule has 0 radical (unpaired) electrons. The summed E-state index contributed by atoms with van der Waals surface area (Å²) in [6.45, 7) is 6.77. The lowest BCUT2D eigenvalue weighted by molar-refractivity contribution is -0.199. The SMILES string of the molecule is Cc1ccc(C2(c3nc(NC4CCOC4)c4ncn([C@@H]5O[C@H](CO)[C@H]6OC(C)(C)O[C@H]65)c4n3)C=NN=N2)cc1. The van der Waals surface area contributed by atoms with Crippen LogP contribution < -0.4 is 5.32 Å². The molecule has 3 saturated heterocycles. The Bertz CT molecular complexity index is 1440. The molecule has 6 atom stereocenters. The quantitative estimate of drug-likeness (QED) is 0.486. The molecule has 0 saturated carbocycles. The van der Waals surface area contributed by atoms with Crippen LogP contribution in [0.25, 0.3) is 11.2 Å². The molecule has 0 aliphatic carbocycles. The molecule has 7 rings (SSSR count). The highest BCUT2D eigenvalue weighted by atomic mass is 16.8. The van der Waals surface area contributed by atoms with Gasteiger partial charge in [0.1, 0.15) is 18.3 Å². The number of nitrogens with zero attached hydrogens (tertiary/aromatic N) is 7. The summed E-state index contributed by atoms with van der Waals surface area (Å²) >= 11 is 0. The first-order valence-corrected chi connectivity index (χ1v) is 13.1. The lowest BCUT2D eigenvalue weighted by Crippen LogP contribution is -2.31. The summed E-state index contributed by atoms with van der Waals surface area (Å²) < 4.78 is 25.9. The number of aromatic nitrogens is 4. The minimum absolute atomic E-state index is 0.0774. The third-order valence-corrected chi connectivity index (χ3v) is 7.60. The van der Waals surface area contributed by atoms with Crippen LogP contribution in [0.1, 0.15) is 43.4 Å². The maximum atomic E-state index is 10.0. The van der Waals surface area contributed by atoms with Crippen LogP contribution in [-0.4, -0.2) is 80.8 Å². The number of rotatable bonds is 6. The van der Waals surface area contributed by atoms with Gasteiger partial charge in [-0.2, -0.15) is 0 Å². The van der Waals surface area contributed by atoms with Gasteiger partial charge in [0.2, 0.25) is 5.54 Å². The summed E-state index contributed by atoms with van der Waals surface area (Å²) in [7, 11) is 0.